The molecular weight excluding hydrogens is 250 g/mol. The Labute approximate surface area is 123 Å². The highest BCUT2D eigenvalue weighted by molar-refractivity contribution is 5.85. The third-order valence-electron chi connectivity index (χ3n) is 4.16. The van der Waals surface area contributed by atoms with Gasteiger partial charge in [0, 0.05) is 19.1 Å². The summed E-state index contributed by atoms with van der Waals surface area (Å²) in [6.07, 6.45) is 5.62. The lowest BCUT2D eigenvalue weighted by atomic mass is 9.80. The van der Waals surface area contributed by atoms with E-state index >= 15 is 0 Å². The topological polar surface area (TPSA) is 56.1 Å². The van der Waals surface area contributed by atoms with Crippen LogP contribution in [0.15, 0.2) is 0 Å². The van der Waals surface area contributed by atoms with Gasteiger partial charge in [0.15, 0.2) is 0 Å². The maximum atomic E-state index is 12.4. The highest BCUT2D eigenvalue weighted by Gasteiger charge is 2.36. The van der Waals surface area contributed by atoms with E-state index in [4.69, 9.17) is 0 Å². The van der Waals surface area contributed by atoms with Gasteiger partial charge in [-0.15, -0.1) is 0 Å². The van der Waals surface area contributed by atoms with Gasteiger partial charge in [0.05, 0.1) is 6.07 Å². The van der Waals surface area contributed by atoms with Crippen LogP contribution < -0.4 is 5.32 Å². The van der Waals surface area contributed by atoms with Crippen LogP contribution in [0.4, 0.5) is 0 Å². The fraction of sp³-hybridized carbons (Fsp3) is 0.875. The van der Waals surface area contributed by atoms with Crippen LogP contribution in [0.25, 0.3) is 0 Å². The molecule has 1 amide bonds. The number of nitriles is 1. The van der Waals surface area contributed by atoms with Crippen LogP contribution in [0.1, 0.15) is 59.3 Å². The second-order valence-corrected chi connectivity index (χ2v) is 5.81. The molecule has 20 heavy (non-hydrogen) atoms. The van der Waals surface area contributed by atoms with Gasteiger partial charge in [-0.1, -0.05) is 33.6 Å². The number of carbonyl (C=O) groups excluding carboxylic acids is 1. The first-order valence-corrected chi connectivity index (χ1v) is 8.07. The highest BCUT2D eigenvalue weighted by atomic mass is 16.2. The van der Waals surface area contributed by atoms with Gasteiger partial charge in [0.1, 0.15) is 5.41 Å². The molecule has 0 spiro atoms. The largest absolute Gasteiger partial charge is 0.353 e. The molecular formula is C16H29N3O. The van der Waals surface area contributed by atoms with E-state index in [0.29, 0.717) is 19.4 Å². The normalized spacial score (nSPS) is 15.2. The van der Waals surface area contributed by atoms with Crippen LogP contribution >= 0.6 is 0 Å². The maximum Gasteiger partial charge on any atom is 0.240 e. The minimum absolute atomic E-state index is 0.0736. The summed E-state index contributed by atoms with van der Waals surface area (Å²) in [5, 5.41) is 12.4. The summed E-state index contributed by atoms with van der Waals surface area (Å²) >= 11 is 0. The summed E-state index contributed by atoms with van der Waals surface area (Å²) in [4.78, 5) is 14.8. The molecule has 0 aromatic rings. The monoisotopic (exact) mass is 279 g/mol. The van der Waals surface area contributed by atoms with Gasteiger partial charge in [0.2, 0.25) is 5.91 Å². The summed E-state index contributed by atoms with van der Waals surface area (Å²) in [7, 11) is 0. The Morgan fingerprint density at radius 1 is 1.30 bits per heavy atom. The molecule has 1 rings (SSSR count). The highest BCUT2D eigenvalue weighted by Crippen LogP contribution is 2.29. The van der Waals surface area contributed by atoms with Gasteiger partial charge in [-0.2, -0.15) is 5.26 Å². The molecule has 0 aliphatic heterocycles. The quantitative estimate of drug-likeness (QED) is 0.669. The Bertz CT molecular complexity index is 338. The van der Waals surface area contributed by atoms with Crippen molar-refractivity contribution in [2.24, 2.45) is 5.41 Å². The molecule has 0 atom stereocenters. The number of nitrogens with one attached hydrogen (secondary N) is 1. The number of nitrogens with zero attached hydrogens (tertiary/aromatic N) is 2. The van der Waals surface area contributed by atoms with E-state index in [0.717, 1.165) is 32.0 Å². The van der Waals surface area contributed by atoms with E-state index in [2.05, 4.69) is 23.2 Å². The fourth-order valence-corrected chi connectivity index (χ4v) is 2.89. The summed E-state index contributed by atoms with van der Waals surface area (Å²) < 4.78 is 0. The van der Waals surface area contributed by atoms with Gasteiger partial charge >= 0.3 is 0 Å². The van der Waals surface area contributed by atoms with Gasteiger partial charge in [0.25, 0.3) is 0 Å². The first kappa shape index (κ1) is 17.0. The maximum absolute atomic E-state index is 12.4. The van der Waals surface area contributed by atoms with Gasteiger partial charge in [-0.05, 0) is 32.2 Å². The summed E-state index contributed by atoms with van der Waals surface area (Å²) in [6.45, 7) is 8.80. The summed E-state index contributed by atoms with van der Waals surface area (Å²) in [6, 6.07) is 3.00. The van der Waals surface area contributed by atoms with Crippen molar-refractivity contribution in [3.05, 3.63) is 0 Å². The van der Waals surface area contributed by atoms with E-state index in [9.17, 15) is 10.1 Å². The smallest absolute Gasteiger partial charge is 0.240 e. The molecule has 114 valence electrons. The first-order chi connectivity index (χ1) is 9.63. The van der Waals surface area contributed by atoms with Crippen molar-refractivity contribution in [1.29, 1.82) is 5.26 Å². The first-order valence-electron chi connectivity index (χ1n) is 8.07. The van der Waals surface area contributed by atoms with Crippen LogP contribution in [0, 0.1) is 16.7 Å². The minimum Gasteiger partial charge on any atom is -0.353 e. The SMILES string of the molecule is CCCC(C#N)(CCC)C(=O)NCCN(CC)C1CC1. The van der Waals surface area contributed by atoms with Crippen LogP contribution in [0.3, 0.4) is 0 Å². The average molecular weight is 279 g/mol. The van der Waals surface area contributed by atoms with Crippen LogP contribution in [-0.2, 0) is 4.79 Å². The Hall–Kier alpha value is -1.08. The summed E-state index contributed by atoms with van der Waals surface area (Å²) in [5.41, 5.74) is -0.819. The van der Waals surface area contributed by atoms with Crippen LogP contribution in [0.2, 0.25) is 0 Å². The Balaban J connectivity index is 2.46. The van der Waals surface area contributed by atoms with Crippen molar-refractivity contribution < 1.29 is 4.79 Å². The number of likely N-dealkylation sites (N-methyl/N-ethyl adjacent to an activating group) is 1. The summed E-state index contributed by atoms with van der Waals surface area (Å²) in [5.74, 6) is -0.0736. The number of amides is 1. The molecule has 0 heterocycles. The molecule has 0 saturated heterocycles. The molecule has 0 radical (unpaired) electrons. The molecule has 1 saturated carbocycles. The number of hydrogen-bond acceptors (Lipinski definition) is 3. The number of rotatable bonds is 10. The molecule has 1 N–H and O–H groups in total. The van der Waals surface area contributed by atoms with Crippen molar-refractivity contribution in [3.63, 3.8) is 0 Å². The Morgan fingerprint density at radius 2 is 1.90 bits per heavy atom. The Morgan fingerprint density at radius 3 is 2.30 bits per heavy atom. The van der Waals surface area contributed by atoms with E-state index in [1.807, 2.05) is 13.8 Å². The molecule has 1 aliphatic carbocycles. The van der Waals surface area contributed by atoms with E-state index in [-0.39, 0.29) is 5.91 Å². The van der Waals surface area contributed by atoms with E-state index < -0.39 is 5.41 Å². The van der Waals surface area contributed by atoms with Crippen molar-refractivity contribution in [2.75, 3.05) is 19.6 Å². The zero-order valence-electron chi connectivity index (χ0n) is 13.2. The molecule has 1 aliphatic rings. The van der Waals surface area contributed by atoms with Crippen molar-refractivity contribution in [1.82, 2.24) is 10.2 Å². The lowest BCUT2D eigenvalue weighted by molar-refractivity contribution is -0.129. The van der Waals surface area contributed by atoms with Gasteiger partial charge in [-0.3, -0.25) is 9.69 Å². The second-order valence-electron chi connectivity index (χ2n) is 5.81. The Kier molecular flexibility index (Phi) is 7.01. The standard InChI is InChI=1S/C16H29N3O/c1-4-9-16(13-17,10-5-2)15(20)18-11-12-19(6-3)14-7-8-14/h14H,4-12H2,1-3H3,(H,18,20). The molecule has 4 nitrogen and oxygen atoms in total. The second kappa shape index (κ2) is 8.26. The lowest BCUT2D eigenvalue weighted by Gasteiger charge is -2.26. The average Bonchev–Trinajstić information content (AvgIpc) is 3.27. The molecule has 0 bridgehead atoms. The van der Waals surface area contributed by atoms with E-state index in [1.54, 1.807) is 0 Å². The molecule has 1 fully saturated rings. The zero-order chi connectivity index (χ0) is 15.0. The van der Waals surface area contributed by atoms with Crippen molar-refractivity contribution >= 4 is 5.91 Å². The van der Waals surface area contributed by atoms with Gasteiger partial charge < -0.3 is 5.32 Å². The molecule has 0 unspecified atom stereocenters. The fourth-order valence-electron chi connectivity index (χ4n) is 2.89. The van der Waals surface area contributed by atoms with Gasteiger partial charge in [-0.25, -0.2) is 0 Å². The molecule has 4 heteroatoms. The van der Waals surface area contributed by atoms with E-state index in [1.165, 1.54) is 12.8 Å². The minimum atomic E-state index is -0.819. The third kappa shape index (κ3) is 4.49. The van der Waals surface area contributed by atoms with Crippen LogP contribution in [-0.4, -0.2) is 36.5 Å². The number of hydrogen-bond donors (Lipinski definition) is 1. The zero-order valence-corrected chi connectivity index (χ0v) is 13.2. The lowest BCUT2D eigenvalue weighted by Crippen LogP contribution is -2.43. The van der Waals surface area contributed by atoms with Crippen molar-refractivity contribution in [3.8, 4) is 6.07 Å². The third-order valence-corrected chi connectivity index (χ3v) is 4.16. The molecule has 0 aromatic heterocycles. The van der Waals surface area contributed by atoms with Crippen LogP contribution in [0.5, 0.6) is 0 Å². The predicted octanol–water partition coefficient (Wildman–Crippen LogP) is 2.70. The number of carbonyl (C=O) groups is 1. The van der Waals surface area contributed by atoms with Crippen molar-refractivity contribution in [2.45, 2.75) is 65.3 Å². The predicted molar refractivity (Wildman–Crippen MR) is 81.1 cm³/mol. The molecule has 0 aromatic carbocycles.